The second-order valence-corrected chi connectivity index (χ2v) is 4.75. The van der Waals surface area contributed by atoms with Crippen LogP contribution in [0, 0.1) is 0 Å². The predicted octanol–water partition coefficient (Wildman–Crippen LogP) is 3.92. The lowest BCUT2D eigenvalue weighted by molar-refractivity contribution is 0.0935. The SMILES string of the molecule is C[C@H](NC(=O)c1ccccc1)c1cc2ccccc2o1. The van der Waals surface area contributed by atoms with Gasteiger partial charge in [-0.2, -0.15) is 0 Å². The quantitative estimate of drug-likeness (QED) is 0.779. The second-order valence-electron chi connectivity index (χ2n) is 4.75. The average molecular weight is 265 g/mol. The Kier molecular flexibility index (Phi) is 3.25. The van der Waals surface area contributed by atoms with E-state index in [4.69, 9.17) is 4.42 Å². The average Bonchev–Trinajstić information content (AvgIpc) is 2.92. The first-order chi connectivity index (χ1) is 9.74. The van der Waals surface area contributed by atoms with Crippen LogP contribution in [0.25, 0.3) is 11.0 Å². The maximum Gasteiger partial charge on any atom is 0.251 e. The number of amides is 1. The molecule has 0 fully saturated rings. The van der Waals surface area contributed by atoms with Crippen LogP contribution in [0.15, 0.2) is 65.1 Å². The highest BCUT2D eigenvalue weighted by Crippen LogP contribution is 2.23. The summed E-state index contributed by atoms with van der Waals surface area (Å²) in [5, 5.41) is 3.99. The Morgan fingerprint density at radius 1 is 1.05 bits per heavy atom. The van der Waals surface area contributed by atoms with E-state index in [-0.39, 0.29) is 11.9 Å². The van der Waals surface area contributed by atoms with Crippen molar-refractivity contribution in [2.24, 2.45) is 0 Å². The van der Waals surface area contributed by atoms with E-state index in [2.05, 4.69) is 5.32 Å². The van der Waals surface area contributed by atoms with Gasteiger partial charge in [-0.15, -0.1) is 0 Å². The van der Waals surface area contributed by atoms with Gasteiger partial charge in [0.2, 0.25) is 0 Å². The van der Waals surface area contributed by atoms with Crippen molar-refractivity contribution in [3.05, 3.63) is 72.0 Å². The fourth-order valence-electron chi connectivity index (χ4n) is 2.16. The largest absolute Gasteiger partial charge is 0.459 e. The summed E-state index contributed by atoms with van der Waals surface area (Å²) in [7, 11) is 0. The van der Waals surface area contributed by atoms with Crippen LogP contribution in [-0.2, 0) is 0 Å². The van der Waals surface area contributed by atoms with E-state index in [0.717, 1.165) is 16.7 Å². The van der Waals surface area contributed by atoms with E-state index >= 15 is 0 Å². The van der Waals surface area contributed by atoms with E-state index in [1.807, 2.05) is 55.5 Å². The summed E-state index contributed by atoms with van der Waals surface area (Å²) >= 11 is 0. The molecule has 0 aliphatic rings. The number of benzene rings is 2. The minimum atomic E-state index is -0.171. The zero-order valence-corrected chi connectivity index (χ0v) is 11.2. The number of carbonyl (C=O) groups is 1. The van der Waals surface area contributed by atoms with E-state index < -0.39 is 0 Å². The number of hydrogen-bond donors (Lipinski definition) is 1. The van der Waals surface area contributed by atoms with E-state index in [1.54, 1.807) is 12.1 Å². The molecule has 20 heavy (non-hydrogen) atoms. The van der Waals surface area contributed by atoms with Gasteiger partial charge in [0.25, 0.3) is 5.91 Å². The molecule has 3 heteroatoms. The van der Waals surface area contributed by atoms with Gasteiger partial charge in [-0.25, -0.2) is 0 Å². The summed E-state index contributed by atoms with van der Waals surface area (Å²) in [6, 6.07) is 18.8. The van der Waals surface area contributed by atoms with Crippen LogP contribution in [0.2, 0.25) is 0 Å². The van der Waals surface area contributed by atoms with Crippen molar-refractivity contribution in [1.82, 2.24) is 5.32 Å². The van der Waals surface area contributed by atoms with Crippen molar-refractivity contribution in [2.45, 2.75) is 13.0 Å². The normalized spacial score (nSPS) is 12.2. The van der Waals surface area contributed by atoms with E-state index in [9.17, 15) is 4.79 Å². The topological polar surface area (TPSA) is 42.2 Å². The maximum atomic E-state index is 12.1. The molecule has 3 aromatic rings. The molecule has 1 heterocycles. The molecule has 3 nitrogen and oxygen atoms in total. The number of para-hydroxylation sites is 1. The molecule has 0 aliphatic carbocycles. The maximum absolute atomic E-state index is 12.1. The standard InChI is InChI=1S/C17H15NO2/c1-12(18-17(19)13-7-3-2-4-8-13)16-11-14-9-5-6-10-15(14)20-16/h2-12H,1H3,(H,18,19)/t12-/m0/s1. The Bertz CT molecular complexity index is 698. The summed E-state index contributed by atoms with van der Waals surface area (Å²) in [6.07, 6.45) is 0. The molecule has 0 radical (unpaired) electrons. The van der Waals surface area contributed by atoms with Crippen molar-refractivity contribution in [2.75, 3.05) is 0 Å². The molecule has 1 aromatic heterocycles. The number of rotatable bonds is 3. The molecule has 3 rings (SSSR count). The minimum absolute atomic E-state index is 0.0986. The zero-order chi connectivity index (χ0) is 13.9. The number of fused-ring (bicyclic) bond motifs is 1. The first kappa shape index (κ1) is 12.5. The highest BCUT2D eigenvalue weighted by atomic mass is 16.3. The Balaban J connectivity index is 1.79. The summed E-state index contributed by atoms with van der Waals surface area (Å²) in [5.41, 5.74) is 1.48. The van der Waals surface area contributed by atoms with Crippen LogP contribution in [0.1, 0.15) is 29.1 Å². The van der Waals surface area contributed by atoms with Gasteiger partial charge in [-0.05, 0) is 31.2 Å². The van der Waals surface area contributed by atoms with Crippen LogP contribution in [0.5, 0.6) is 0 Å². The molecule has 1 atom stereocenters. The van der Waals surface area contributed by atoms with Crippen LogP contribution < -0.4 is 5.32 Å². The number of hydrogen-bond acceptors (Lipinski definition) is 2. The van der Waals surface area contributed by atoms with E-state index in [1.165, 1.54) is 0 Å². The first-order valence-electron chi connectivity index (χ1n) is 6.58. The first-order valence-corrected chi connectivity index (χ1v) is 6.58. The lowest BCUT2D eigenvalue weighted by Gasteiger charge is -2.11. The molecule has 0 saturated carbocycles. The lowest BCUT2D eigenvalue weighted by atomic mass is 10.2. The molecule has 2 aromatic carbocycles. The lowest BCUT2D eigenvalue weighted by Crippen LogP contribution is -2.26. The summed E-state index contributed by atoms with van der Waals surface area (Å²) in [5.74, 6) is 0.661. The molecule has 1 amide bonds. The van der Waals surface area contributed by atoms with E-state index in [0.29, 0.717) is 5.56 Å². The van der Waals surface area contributed by atoms with Gasteiger partial charge < -0.3 is 9.73 Å². The van der Waals surface area contributed by atoms with Crippen molar-refractivity contribution in [3.8, 4) is 0 Å². The molecular formula is C17H15NO2. The zero-order valence-electron chi connectivity index (χ0n) is 11.2. The third-order valence-corrected chi connectivity index (χ3v) is 3.25. The van der Waals surface area contributed by atoms with Gasteiger partial charge >= 0.3 is 0 Å². The number of furan rings is 1. The fraction of sp³-hybridized carbons (Fsp3) is 0.118. The smallest absolute Gasteiger partial charge is 0.251 e. The number of nitrogens with one attached hydrogen (secondary N) is 1. The highest BCUT2D eigenvalue weighted by molar-refractivity contribution is 5.94. The van der Waals surface area contributed by atoms with Gasteiger partial charge in [-0.3, -0.25) is 4.79 Å². The molecule has 0 bridgehead atoms. The third kappa shape index (κ3) is 2.43. The molecule has 0 unspecified atom stereocenters. The monoisotopic (exact) mass is 265 g/mol. The fourth-order valence-corrected chi connectivity index (χ4v) is 2.16. The van der Waals surface area contributed by atoms with Crippen LogP contribution in [0.3, 0.4) is 0 Å². The predicted molar refractivity (Wildman–Crippen MR) is 78.5 cm³/mol. The Hall–Kier alpha value is -2.55. The molecule has 1 N–H and O–H groups in total. The van der Waals surface area contributed by atoms with Gasteiger partial charge in [0.05, 0.1) is 6.04 Å². The number of carbonyl (C=O) groups excluding carboxylic acids is 1. The molecule has 100 valence electrons. The Labute approximate surface area is 117 Å². The summed E-state index contributed by atoms with van der Waals surface area (Å²) < 4.78 is 5.75. The summed E-state index contributed by atoms with van der Waals surface area (Å²) in [4.78, 5) is 12.1. The van der Waals surface area contributed by atoms with Crippen LogP contribution in [0.4, 0.5) is 0 Å². The molecular weight excluding hydrogens is 250 g/mol. The third-order valence-electron chi connectivity index (χ3n) is 3.25. The molecule has 0 aliphatic heterocycles. The Morgan fingerprint density at radius 2 is 1.75 bits per heavy atom. The summed E-state index contributed by atoms with van der Waals surface area (Å²) in [6.45, 7) is 1.92. The van der Waals surface area contributed by atoms with Crippen molar-refractivity contribution in [3.63, 3.8) is 0 Å². The van der Waals surface area contributed by atoms with Gasteiger partial charge in [0.15, 0.2) is 0 Å². The molecule has 0 saturated heterocycles. The highest BCUT2D eigenvalue weighted by Gasteiger charge is 2.14. The van der Waals surface area contributed by atoms with Crippen molar-refractivity contribution < 1.29 is 9.21 Å². The van der Waals surface area contributed by atoms with Crippen LogP contribution >= 0.6 is 0 Å². The molecule has 0 spiro atoms. The van der Waals surface area contributed by atoms with Crippen molar-refractivity contribution in [1.29, 1.82) is 0 Å². The van der Waals surface area contributed by atoms with Gasteiger partial charge in [-0.1, -0.05) is 36.4 Å². The second kappa shape index (κ2) is 5.21. The van der Waals surface area contributed by atoms with Gasteiger partial charge in [0, 0.05) is 10.9 Å². The Morgan fingerprint density at radius 3 is 2.50 bits per heavy atom. The minimum Gasteiger partial charge on any atom is -0.459 e. The van der Waals surface area contributed by atoms with Crippen molar-refractivity contribution >= 4 is 16.9 Å². The van der Waals surface area contributed by atoms with Gasteiger partial charge in [0.1, 0.15) is 11.3 Å². The van der Waals surface area contributed by atoms with Crippen LogP contribution in [-0.4, -0.2) is 5.91 Å².